The van der Waals surface area contributed by atoms with E-state index in [0.717, 1.165) is 24.2 Å². The lowest BCUT2D eigenvalue weighted by Crippen LogP contribution is -2.56. The molecule has 3 aromatic rings. The number of aromatic nitrogens is 2. The molecular formula is C30H35ClN6O4. The number of rotatable bonds is 8. The lowest BCUT2D eigenvalue weighted by Gasteiger charge is -2.45. The molecule has 10 nitrogen and oxygen atoms in total. The van der Waals surface area contributed by atoms with Gasteiger partial charge in [-0.15, -0.1) is 0 Å². The molecule has 5 rings (SSSR count). The number of nitrogens with zero attached hydrogens (tertiary/aromatic N) is 4. The Hall–Kier alpha value is -3.92. The van der Waals surface area contributed by atoms with Crippen LogP contribution < -0.4 is 21.1 Å². The topological polar surface area (TPSA) is 117 Å². The largest absolute Gasteiger partial charge is 0.368 e. The molecule has 2 fully saturated rings. The van der Waals surface area contributed by atoms with Crippen LogP contribution in [-0.4, -0.2) is 70.9 Å². The van der Waals surface area contributed by atoms with Crippen LogP contribution in [0.2, 0.25) is 5.02 Å². The van der Waals surface area contributed by atoms with Crippen molar-refractivity contribution in [2.24, 2.45) is 5.41 Å². The predicted octanol–water partition coefficient (Wildman–Crippen LogP) is 2.61. The number of anilines is 1. The number of likely N-dealkylation sites (tertiary alicyclic amines) is 1. The van der Waals surface area contributed by atoms with Crippen LogP contribution in [0.4, 0.5) is 5.69 Å². The molecule has 41 heavy (non-hydrogen) atoms. The first-order valence-corrected chi connectivity index (χ1v) is 14.2. The first-order valence-electron chi connectivity index (χ1n) is 13.9. The highest BCUT2D eigenvalue weighted by Crippen LogP contribution is 2.29. The molecule has 0 bridgehead atoms. The number of carbonyl (C=O) groups excluding carboxylic acids is 3. The molecule has 1 unspecified atom stereocenters. The molecule has 11 heteroatoms. The molecule has 216 valence electrons. The van der Waals surface area contributed by atoms with E-state index in [-0.39, 0.29) is 35.4 Å². The van der Waals surface area contributed by atoms with E-state index in [1.54, 1.807) is 29.3 Å². The van der Waals surface area contributed by atoms with Gasteiger partial charge in [-0.05, 0) is 48.1 Å². The van der Waals surface area contributed by atoms with Gasteiger partial charge in [0.25, 0.3) is 11.5 Å². The van der Waals surface area contributed by atoms with Crippen LogP contribution in [0.3, 0.4) is 0 Å². The van der Waals surface area contributed by atoms with Gasteiger partial charge in [-0.1, -0.05) is 37.6 Å². The minimum atomic E-state index is -0.554. The van der Waals surface area contributed by atoms with Gasteiger partial charge in [0.2, 0.25) is 11.8 Å². The Morgan fingerprint density at radius 3 is 2.54 bits per heavy atom. The van der Waals surface area contributed by atoms with Crippen LogP contribution in [0, 0.1) is 5.41 Å². The minimum absolute atomic E-state index is 0.0394. The Bertz CT molecular complexity index is 1540. The van der Waals surface area contributed by atoms with E-state index in [1.807, 2.05) is 18.2 Å². The zero-order valence-corrected chi connectivity index (χ0v) is 24.3. The second kappa shape index (κ2) is 11.5. The summed E-state index contributed by atoms with van der Waals surface area (Å²) >= 11 is 5.96. The Kier molecular flexibility index (Phi) is 8.04. The number of amides is 3. The number of hydrogen-bond acceptors (Lipinski definition) is 6. The number of fused-ring (bicyclic) bond motifs is 1. The molecule has 2 aliphatic heterocycles. The summed E-state index contributed by atoms with van der Waals surface area (Å²) in [6.07, 6.45) is 3.06. The fourth-order valence-corrected chi connectivity index (χ4v) is 5.73. The third-order valence-corrected chi connectivity index (χ3v) is 7.87. The van der Waals surface area contributed by atoms with Gasteiger partial charge in [-0.25, -0.2) is 4.98 Å². The first kappa shape index (κ1) is 28.6. The molecule has 1 aromatic carbocycles. The van der Waals surface area contributed by atoms with Crippen LogP contribution >= 0.6 is 11.6 Å². The van der Waals surface area contributed by atoms with Gasteiger partial charge >= 0.3 is 0 Å². The zero-order chi connectivity index (χ0) is 29.3. The smallest absolute Gasteiger partial charge is 0.265 e. The van der Waals surface area contributed by atoms with Crippen LogP contribution in [0.1, 0.15) is 43.1 Å². The van der Waals surface area contributed by atoms with Crippen LogP contribution in [0.15, 0.2) is 47.4 Å². The average Bonchev–Trinajstić information content (AvgIpc) is 3.37. The van der Waals surface area contributed by atoms with Gasteiger partial charge in [0.05, 0.1) is 11.9 Å². The van der Waals surface area contributed by atoms with Gasteiger partial charge in [0.15, 0.2) is 0 Å². The molecule has 0 saturated carbocycles. The summed E-state index contributed by atoms with van der Waals surface area (Å²) in [5.41, 5.74) is 1.63. The van der Waals surface area contributed by atoms with Crippen molar-refractivity contribution in [2.75, 3.05) is 37.6 Å². The van der Waals surface area contributed by atoms with E-state index in [2.05, 4.69) is 34.4 Å². The second-order valence-electron chi connectivity index (χ2n) is 11.7. The number of pyridine rings is 2. The molecule has 0 radical (unpaired) electrons. The van der Waals surface area contributed by atoms with Crippen molar-refractivity contribution < 1.29 is 14.4 Å². The van der Waals surface area contributed by atoms with Gasteiger partial charge < -0.3 is 20.4 Å². The molecule has 4 heterocycles. The highest BCUT2D eigenvalue weighted by Gasteiger charge is 2.37. The predicted molar refractivity (Wildman–Crippen MR) is 158 cm³/mol. The second-order valence-corrected chi connectivity index (χ2v) is 12.2. The van der Waals surface area contributed by atoms with Crippen molar-refractivity contribution >= 4 is 46.0 Å². The highest BCUT2D eigenvalue weighted by atomic mass is 35.5. The zero-order valence-electron chi connectivity index (χ0n) is 23.6. The summed E-state index contributed by atoms with van der Waals surface area (Å²) in [4.78, 5) is 59.9. The fraction of sp³-hybridized carbons (Fsp3) is 0.433. The lowest BCUT2D eigenvalue weighted by atomic mass is 9.84. The molecule has 0 aliphatic carbocycles. The Labute approximate surface area is 243 Å². The highest BCUT2D eigenvalue weighted by molar-refractivity contribution is 6.30. The normalized spacial score (nSPS) is 17.8. The summed E-state index contributed by atoms with van der Waals surface area (Å²) in [7, 11) is 0. The van der Waals surface area contributed by atoms with E-state index in [9.17, 15) is 19.2 Å². The number of hydrogen-bond donors (Lipinski definition) is 2. The minimum Gasteiger partial charge on any atom is -0.368 e. The Morgan fingerprint density at radius 1 is 1.12 bits per heavy atom. The van der Waals surface area contributed by atoms with E-state index >= 15 is 0 Å². The molecule has 2 N–H and O–H groups in total. The van der Waals surface area contributed by atoms with Crippen molar-refractivity contribution in [3.63, 3.8) is 0 Å². The number of benzene rings is 1. The summed E-state index contributed by atoms with van der Waals surface area (Å²) in [6.45, 7) is 8.42. The van der Waals surface area contributed by atoms with Crippen molar-refractivity contribution in [3.05, 3.63) is 69.1 Å². The van der Waals surface area contributed by atoms with E-state index in [0.29, 0.717) is 48.7 Å². The van der Waals surface area contributed by atoms with Crippen molar-refractivity contribution in [1.82, 2.24) is 25.1 Å². The lowest BCUT2D eigenvalue weighted by molar-refractivity contribution is -0.142. The summed E-state index contributed by atoms with van der Waals surface area (Å²) in [5.74, 6) is -0.759. The number of carbonyl (C=O) groups is 3. The SMILES string of the molecule is CC(=O)NC1CCN(c2cnc3c(c2)cc(C(=O)NCCc2ccc(Cl)cc2)c(=O)n3CC(=O)N2CC(C)(C)C2)C1. The molecule has 1 atom stereocenters. The van der Waals surface area contributed by atoms with Crippen molar-refractivity contribution in [1.29, 1.82) is 0 Å². The van der Waals surface area contributed by atoms with Crippen molar-refractivity contribution in [2.45, 2.75) is 46.2 Å². The number of nitrogens with one attached hydrogen (secondary N) is 2. The third kappa shape index (κ3) is 6.53. The summed E-state index contributed by atoms with van der Waals surface area (Å²) in [5, 5.41) is 7.03. The number of halogens is 1. The van der Waals surface area contributed by atoms with E-state index < -0.39 is 11.5 Å². The van der Waals surface area contributed by atoms with Crippen molar-refractivity contribution in [3.8, 4) is 0 Å². The Balaban J connectivity index is 1.42. The Morgan fingerprint density at radius 2 is 1.85 bits per heavy atom. The monoisotopic (exact) mass is 578 g/mol. The molecular weight excluding hydrogens is 544 g/mol. The van der Waals surface area contributed by atoms with Gasteiger partial charge in [0, 0.05) is 56.1 Å². The van der Waals surface area contributed by atoms with Gasteiger partial charge in [-0.2, -0.15) is 0 Å². The van der Waals surface area contributed by atoms with Crippen LogP contribution in [-0.2, 0) is 22.6 Å². The van der Waals surface area contributed by atoms with E-state index in [1.165, 1.54) is 11.5 Å². The summed E-state index contributed by atoms with van der Waals surface area (Å²) < 4.78 is 1.31. The third-order valence-electron chi connectivity index (χ3n) is 7.61. The standard InChI is InChI=1S/C30H35ClN6O4/c1-19(38)34-23-9-11-35(15-23)24-12-21-13-25(28(40)32-10-8-20-4-6-22(31)7-5-20)29(41)37(27(21)33-14-24)16-26(39)36-17-30(2,3)18-36/h4-7,12-14,23H,8-11,15-18H2,1-3H3,(H,32,40)(H,34,38). The quantitative estimate of drug-likeness (QED) is 0.424. The maximum absolute atomic E-state index is 13.6. The molecule has 2 aromatic heterocycles. The average molecular weight is 579 g/mol. The molecule has 2 saturated heterocycles. The maximum Gasteiger partial charge on any atom is 0.265 e. The fourth-order valence-electron chi connectivity index (χ4n) is 5.60. The maximum atomic E-state index is 13.6. The van der Waals surface area contributed by atoms with Crippen LogP contribution in [0.25, 0.3) is 11.0 Å². The summed E-state index contributed by atoms with van der Waals surface area (Å²) in [6, 6.07) is 10.8. The molecule has 3 amide bonds. The molecule has 0 spiro atoms. The van der Waals surface area contributed by atoms with Gasteiger partial charge in [0.1, 0.15) is 17.8 Å². The molecule has 2 aliphatic rings. The van der Waals surface area contributed by atoms with E-state index in [4.69, 9.17) is 11.6 Å². The van der Waals surface area contributed by atoms with Gasteiger partial charge in [-0.3, -0.25) is 23.7 Å². The van der Waals surface area contributed by atoms with Crippen LogP contribution in [0.5, 0.6) is 0 Å². The first-order chi connectivity index (χ1) is 19.5.